The molecule has 0 aliphatic carbocycles. The third-order valence-corrected chi connectivity index (χ3v) is 1.20. The molecule has 0 saturated heterocycles. The molecule has 0 aliphatic heterocycles. The maximum Gasteiger partial charge on any atom is 0.102 e. The predicted octanol–water partition coefficient (Wildman–Crippen LogP) is 1.35. The highest BCUT2D eigenvalue weighted by Crippen LogP contribution is 1.90. The summed E-state index contributed by atoms with van der Waals surface area (Å²) in [5.41, 5.74) is 0. The van der Waals surface area contributed by atoms with Gasteiger partial charge in [0.15, 0.2) is 0 Å². The van der Waals surface area contributed by atoms with E-state index in [1.807, 2.05) is 0 Å². The average Bonchev–Trinajstić information content (AvgIpc) is 1.97. The summed E-state index contributed by atoms with van der Waals surface area (Å²) in [6, 6.07) is 0. The monoisotopic (exact) mass is 143 g/mol. The van der Waals surface area contributed by atoms with Gasteiger partial charge in [-0.05, 0) is 19.4 Å². The number of unbranched alkanes of at least 4 members (excludes halogenated alkanes) is 2. The number of hydrogen-bond acceptors (Lipinski definition) is 1. The van der Waals surface area contributed by atoms with Crippen molar-refractivity contribution in [3.8, 4) is 12.3 Å². The molecule has 10 heavy (non-hydrogen) atoms. The Labute approximate surface area is 62.0 Å². The lowest BCUT2D eigenvalue weighted by Crippen LogP contribution is -2.17. The molecule has 0 saturated carbocycles. The zero-order valence-corrected chi connectivity index (χ0v) is 6.20. The van der Waals surface area contributed by atoms with E-state index in [1.165, 1.54) is 0 Å². The molecule has 1 nitrogen and oxygen atoms in total. The van der Waals surface area contributed by atoms with E-state index >= 15 is 0 Å². The molecule has 0 rings (SSSR count). The van der Waals surface area contributed by atoms with Crippen molar-refractivity contribution in [3.05, 3.63) is 0 Å². The van der Waals surface area contributed by atoms with Gasteiger partial charge in [-0.25, -0.2) is 4.39 Å². The van der Waals surface area contributed by atoms with Crippen molar-refractivity contribution < 1.29 is 4.39 Å². The van der Waals surface area contributed by atoms with Crippen molar-refractivity contribution in [2.24, 2.45) is 0 Å². The second-order valence-electron chi connectivity index (χ2n) is 2.10. The van der Waals surface area contributed by atoms with Gasteiger partial charge in [0.25, 0.3) is 0 Å². The van der Waals surface area contributed by atoms with Crippen LogP contribution in [0.3, 0.4) is 0 Å². The van der Waals surface area contributed by atoms with E-state index in [4.69, 9.17) is 6.42 Å². The Hall–Kier alpha value is -0.550. The van der Waals surface area contributed by atoms with Crippen LogP contribution in [0.15, 0.2) is 0 Å². The summed E-state index contributed by atoms with van der Waals surface area (Å²) in [5.74, 6) is 2.56. The molecule has 0 unspecified atom stereocenters. The van der Waals surface area contributed by atoms with E-state index in [9.17, 15) is 4.39 Å². The summed E-state index contributed by atoms with van der Waals surface area (Å²) in [4.78, 5) is 0. The summed E-state index contributed by atoms with van der Waals surface area (Å²) in [7, 11) is 0. The van der Waals surface area contributed by atoms with Gasteiger partial charge < -0.3 is 5.32 Å². The Bertz CT molecular complexity index is 95.9. The molecule has 0 aromatic carbocycles. The van der Waals surface area contributed by atoms with Crippen LogP contribution >= 0.6 is 0 Å². The number of rotatable bonds is 6. The fraction of sp³-hybridized carbons (Fsp3) is 0.750. The summed E-state index contributed by atoms with van der Waals surface area (Å²) in [5, 5.41) is 2.95. The number of nitrogens with one attached hydrogen (secondary N) is 1. The van der Waals surface area contributed by atoms with Gasteiger partial charge >= 0.3 is 0 Å². The minimum Gasteiger partial charge on any atom is -0.314 e. The summed E-state index contributed by atoms with van der Waals surface area (Å²) < 4.78 is 11.5. The van der Waals surface area contributed by atoms with Crippen LogP contribution in [0.25, 0.3) is 0 Å². The first-order chi connectivity index (χ1) is 4.91. The Morgan fingerprint density at radius 3 is 2.70 bits per heavy atom. The van der Waals surface area contributed by atoms with Crippen molar-refractivity contribution in [1.29, 1.82) is 0 Å². The van der Waals surface area contributed by atoms with Gasteiger partial charge in [-0.2, -0.15) is 0 Å². The van der Waals surface area contributed by atoms with Gasteiger partial charge in [0, 0.05) is 13.0 Å². The van der Waals surface area contributed by atoms with Gasteiger partial charge in [0.1, 0.15) is 6.67 Å². The van der Waals surface area contributed by atoms with Gasteiger partial charge in [-0.1, -0.05) is 0 Å². The quantitative estimate of drug-likeness (QED) is 0.437. The fourth-order valence-electron chi connectivity index (χ4n) is 0.669. The van der Waals surface area contributed by atoms with E-state index in [0.717, 1.165) is 25.8 Å². The normalized spacial score (nSPS) is 9.20. The van der Waals surface area contributed by atoms with Crippen LogP contribution in [0.4, 0.5) is 4.39 Å². The number of terminal acetylenes is 1. The van der Waals surface area contributed by atoms with Crippen LogP contribution < -0.4 is 5.32 Å². The molecule has 0 atom stereocenters. The molecular weight excluding hydrogens is 129 g/mol. The van der Waals surface area contributed by atoms with Crippen molar-refractivity contribution in [1.82, 2.24) is 5.32 Å². The largest absolute Gasteiger partial charge is 0.314 e. The van der Waals surface area contributed by atoms with Gasteiger partial charge in [0.2, 0.25) is 0 Å². The van der Waals surface area contributed by atoms with Crippen LogP contribution in [0.5, 0.6) is 0 Å². The second kappa shape index (κ2) is 8.45. The van der Waals surface area contributed by atoms with Crippen molar-refractivity contribution in [2.75, 3.05) is 19.8 Å². The fourth-order valence-corrected chi connectivity index (χ4v) is 0.669. The molecule has 0 aromatic heterocycles. The van der Waals surface area contributed by atoms with Crippen LogP contribution in [0.2, 0.25) is 0 Å². The number of hydrogen-bond donors (Lipinski definition) is 1. The van der Waals surface area contributed by atoms with Crippen LogP contribution in [0, 0.1) is 12.3 Å². The van der Waals surface area contributed by atoms with Crippen LogP contribution in [-0.4, -0.2) is 19.8 Å². The molecule has 0 fully saturated rings. The minimum absolute atomic E-state index is 0.283. The molecule has 2 heteroatoms. The van der Waals surface area contributed by atoms with E-state index in [1.54, 1.807) is 0 Å². The summed E-state index contributed by atoms with van der Waals surface area (Å²) >= 11 is 0. The Morgan fingerprint density at radius 2 is 2.10 bits per heavy atom. The Morgan fingerprint density at radius 1 is 1.30 bits per heavy atom. The SMILES string of the molecule is C#CCCCCNCCF. The molecule has 0 heterocycles. The van der Waals surface area contributed by atoms with Gasteiger partial charge in [0.05, 0.1) is 0 Å². The first-order valence-electron chi connectivity index (χ1n) is 3.62. The highest BCUT2D eigenvalue weighted by Gasteiger charge is 1.85. The standard InChI is InChI=1S/C8H14FN/c1-2-3-4-5-7-10-8-6-9/h1,10H,3-8H2. The first-order valence-corrected chi connectivity index (χ1v) is 3.62. The molecule has 0 amide bonds. The Balaban J connectivity index is 2.72. The zero-order chi connectivity index (χ0) is 7.66. The minimum atomic E-state index is -0.283. The smallest absolute Gasteiger partial charge is 0.102 e. The zero-order valence-electron chi connectivity index (χ0n) is 6.20. The third-order valence-electron chi connectivity index (χ3n) is 1.20. The lowest BCUT2D eigenvalue weighted by Gasteiger charge is -1.98. The lowest BCUT2D eigenvalue weighted by atomic mass is 10.2. The molecular formula is C8H14FN. The third kappa shape index (κ3) is 7.45. The molecule has 1 N–H and O–H groups in total. The molecule has 0 aliphatic rings. The summed E-state index contributed by atoms with van der Waals surface area (Å²) in [6.07, 6.45) is 7.95. The van der Waals surface area contributed by atoms with E-state index in [2.05, 4.69) is 11.2 Å². The van der Waals surface area contributed by atoms with E-state index in [-0.39, 0.29) is 6.67 Å². The summed E-state index contributed by atoms with van der Waals surface area (Å²) in [6.45, 7) is 1.07. The number of alkyl halides is 1. The molecule has 0 aromatic rings. The molecule has 0 bridgehead atoms. The van der Waals surface area contributed by atoms with Crippen molar-refractivity contribution >= 4 is 0 Å². The predicted molar refractivity (Wildman–Crippen MR) is 41.5 cm³/mol. The van der Waals surface area contributed by atoms with Crippen molar-refractivity contribution in [2.45, 2.75) is 19.3 Å². The van der Waals surface area contributed by atoms with Gasteiger partial charge in [-0.15, -0.1) is 12.3 Å². The highest BCUT2D eigenvalue weighted by atomic mass is 19.1. The van der Waals surface area contributed by atoms with Gasteiger partial charge in [-0.3, -0.25) is 0 Å². The highest BCUT2D eigenvalue weighted by molar-refractivity contribution is 4.82. The number of halogens is 1. The van der Waals surface area contributed by atoms with E-state index < -0.39 is 0 Å². The van der Waals surface area contributed by atoms with Crippen LogP contribution in [-0.2, 0) is 0 Å². The average molecular weight is 143 g/mol. The van der Waals surface area contributed by atoms with E-state index in [0.29, 0.717) is 6.54 Å². The van der Waals surface area contributed by atoms with Crippen molar-refractivity contribution in [3.63, 3.8) is 0 Å². The topological polar surface area (TPSA) is 12.0 Å². The maximum atomic E-state index is 11.5. The van der Waals surface area contributed by atoms with Crippen LogP contribution in [0.1, 0.15) is 19.3 Å². The lowest BCUT2D eigenvalue weighted by molar-refractivity contribution is 0.464. The maximum absolute atomic E-state index is 11.5. The molecule has 0 spiro atoms. The second-order valence-corrected chi connectivity index (χ2v) is 2.10. The molecule has 0 radical (unpaired) electrons. The molecule has 58 valence electrons. The Kier molecular flexibility index (Phi) is 7.99. The first kappa shape index (κ1) is 9.45.